The molecule has 2 aliphatic rings. The molecule has 2 unspecified atom stereocenters. The van der Waals surface area contributed by atoms with E-state index in [9.17, 15) is 0 Å². The molecule has 4 heterocycles. The first-order valence-corrected chi connectivity index (χ1v) is 23.0. The fourth-order valence-electron chi connectivity index (χ4n) is 12.1. The van der Waals surface area contributed by atoms with Crippen molar-refractivity contribution in [1.29, 1.82) is 0 Å². The summed E-state index contributed by atoms with van der Waals surface area (Å²) in [4.78, 5) is 0. The molecule has 4 aromatic heterocycles. The van der Waals surface area contributed by atoms with Crippen molar-refractivity contribution >= 4 is 65.4 Å². The van der Waals surface area contributed by atoms with Gasteiger partial charge in [0.15, 0.2) is 0 Å². The zero-order valence-electron chi connectivity index (χ0n) is 36.4. The molecule has 310 valence electrons. The Balaban J connectivity index is 0.00000208. The second kappa shape index (κ2) is 14.6. The van der Waals surface area contributed by atoms with Gasteiger partial charge in [0.25, 0.3) is 0 Å². The molecule has 0 aliphatic heterocycles. The van der Waals surface area contributed by atoms with Gasteiger partial charge in [0.2, 0.25) is 11.8 Å². The predicted molar refractivity (Wildman–Crippen MR) is 261 cm³/mol. The number of para-hydroxylation sites is 4. The van der Waals surface area contributed by atoms with Gasteiger partial charge in [-0.05, 0) is 129 Å². The minimum Gasteiger partial charge on any atom is -0.420 e. The van der Waals surface area contributed by atoms with E-state index in [-0.39, 0.29) is 5.41 Å². The van der Waals surface area contributed by atoms with Crippen molar-refractivity contribution in [2.24, 2.45) is 17.8 Å². The molecule has 0 N–H and O–H groups in total. The third kappa shape index (κ3) is 5.91. The lowest BCUT2D eigenvalue weighted by atomic mass is 9.59. The van der Waals surface area contributed by atoms with E-state index in [2.05, 4.69) is 185 Å². The van der Waals surface area contributed by atoms with Gasteiger partial charge in [-0.2, -0.15) is 0 Å². The Labute approximate surface area is 367 Å². The van der Waals surface area contributed by atoms with Crippen LogP contribution in [0, 0.1) is 17.8 Å². The van der Waals surface area contributed by atoms with Crippen LogP contribution in [0.1, 0.15) is 65.7 Å². The monoisotopic (exact) mass is 821 g/mol. The van der Waals surface area contributed by atoms with Gasteiger partial charge >= 0.3 is 0 Å². The molecule has 2 bridgehead atoms. The van der Waals surface area contributed by atoms with E-state index in [1.807, 2.05) is 13.8 Å². The predicted octanol–water partition coefficient (Wildman–Crippen LogP) is 15.2. The van der Waals surface area contributed by atoms with Crippen molar-refractivity contribution in [2.45, 2.75) is 65.2 Å². The molecule has 2 aliphatic carbocycles. The zero-order valence-corrected chi connectivity index (χ0v) is 36.4. The van der Waals surface area contributed by atoms with Gasteiger partial charge in [-0.1, -0.05) is 107 Å². The van der Waals surface area contributed by atoms with Crippen molar-refractivity contribution in [3.63, 3.8) is 0 Å². The minimum atomic E-state index is -0.0778. The number of fused-ring (bicyclic) bond motifs is 11. The lowest BCUT2D eigenvalue weighted by Crippen LogP contribution is -2.39. The van der Waals surface area contributed by atoms with Crippen LogP contribution in [0.5, 0.6) is 0 Å². The first-order chi connectivity index (χ1) is 31.0. The molecule has 6 heteroatoms. The fraction of sp³-hybridized carbons (Fsp3) is 0.228. The second-order valence-electron chi connectivity index (χ2n) is 18.5. The smallest absolute Gasteiger partial charge is 0.247 e. The van der Waals surface area contributed by atoms with Gasteiger partial charge in [0.05, 0.1) is 33.1 Å². The molecule has 0 spiro atoms. The SMILES string of the molecule is CC.CC1CC2CC(C1)CC(C)(c1nnc(-c3cccc(-n4c5ccc(-n6c7ccccc7c7ccccc76)cc5c5cc(-n6c7ccccc7c7ccccc76)ccc54)c3)o1)C2. The summed E-state index contributed by atoms with van der Waals surface area (Å²) >= 11 is 0. The molecule has 11 aromatic rings. The molecule has 7 aromatic carbocycles. The van der Waals surface area contributed by atoms with E-state index in [0.29, 0.717) is 5.89 Å². The molecule has 13 rings (SSSR count). The first kappa shape index (κ1) is 37.8. The minimum absolute atomic E-state index is 0.0778. The quantitative estimate of drug-likeness (QED) is 0.174. The van der Waals surface area contributed by atoms with E-state index >= 15 is 0 Å². The van der Waals surface area contributed by atoms with Crippen LogP contribution in [-0.4, -0.2) is 23.9 Å². The van der Waals surface area contributed by atoms with Gasteiger partial charge in [0.1, 0.15) is 0 Å². The zero-order chi connectivity index (χ0) is 42.4. The Kier molecular flexibility index (Phi) is 8.76. The van der Waals surface area contributed by atoms with Crippen LogP contribution >= 0.6 is 0 Å². The number of benzene rings is 7. The maximum absolute atomic E-state index is 6.67. The van der Waals surface area contributed by atoms with E-state index in [1.165, 1.54) is 73.6 Å². The second-order valence-corrected chi connectivity index (χ2v) is 18.5. The molecule has 2 saturated carbocycles. The first-order valence-electron chi connectivity index (χ1n) is 23.0. The van der Waals surface area contributed by atoms with Crippen LogP contribution in [0.4, 0.5) is 0 Å². The average molecular weight is 822 g/mol. The standard InChI is InChI=1S/C55H45N5O.C2H6/c1-34-26-35-28-36(27-34)33-55(2,32-35)54-57-56-53(61-54)37-12-11-13-38(29-37)58-51-24-22-39(59-47-18-7-3-14-41(47)42-15-4-8-19-48(42)59)30-45(51)46-31-40(23-25-52(46)58)60-49-20-9-5-16-43(49)44-17-6-10-21-50(44)60;1-2/h3-25,29-31,34-36H,26-28,32-33H2,1-2H3;1-2H3. The normalized spacial score (nSPS) is 20.0. The topological polar surface area (TPSA) is 53.7 Å². The maximum Gasteiger partial charge on any atom is 0.247 e. The van der Waals surface area contributed by atoms with Crippen molar-refractivity contribution < 1.29 is 4.42 Å². The summed E-state index contributed by atoms with van der Waals surface area (Å²) in [7, 11) is 0. The van der Waals surface area contributed by atoms with Crippen LogP contribution in [0.2, 0.25) is 0 Å². The Morgan fingerprint density at radius 3 is 1.37 bits per heavy atom. The summed E-state index contributed by atoms with van der Waals surface area (Å²) < 4.78 is 13.9. The molecular formula is C57H51N5O. The lowest BCUT2D eigenvalue weighted by molar-refractivity contribution is 0.0763. The number of aromatic nitrogens is 5. The Bertz CT molecular complexity index is 3250. The lowest BCUT2D eigenvalue weighted by Gasteiger charge is -2.45. The molecular weight excluding hydrogens is 771 g/mol. The van der Waals surface area contributed by atoms with Crippen molar-refractivity contribution in [3.8, 4) is 28.5 Å². The third-order valence-corrected chi connectivity index (χ3v) is 14.3. The Morgan fingerprint density at radius 1 is 0.460 bits per heavy atom. The van der Waals surface area contributed by atoms with Gasteiger partial charge in [0, 0.05) is 60.4 Å². The van der Waals surface area contributed by atoms with Crippen molar-refractivity contribution in [1.82, 2.24) is 23.9 Å². The summed E-state index contributed by atoms with van der Waals surface area (Å²) in [6.45, 7) is 8.78. The van der Waals surface area contributed by atoms with E-state index < -0.39 is 0 Å². The molecule has 6 nitrogen and oxygen atoms in total. The third-order valence-electron chi connectivity index (χ3n) is 14.3. The Hall–Kier alpha value is -6.92. The maximum atomic E-state index is 6.67. The summed E-state index contributed by atoms with van der Waals surface area (Å²) in [6.07, 6.45) is 6.23. The molecule has 0 radical (unpaired) electrons. The summed E-state index contributed by atoms with van der Waals surface area (Å²) in [5.74, 6) is 3.69. The fourth-order valence-corrected chi connectivity index (χ4v) is 12.1. The largest absolute Gasteiger partial charge is 0.420 e. The summed E-state index contributed by atoms with van der Waals surface area (Å²) in [5, 5.41) is 16.9. The Morgan fingerprint density at radius 2 is 0.889 bits per heavy atom. The van der Waals surface area contributed by atoms with Crippen molar-refractivity contribution in [2.75, 3.05) is 0 Å². The van der Waals surface area contributed by atoms with Crippen LogP contribution in [0.15, 0.2) is 162 Å². The van der Waals surface area contributed by atoms with E-state index in [4.69, 9.17) is 14.6 Å². The van der Waals surface area contributed by atoms with Crippen LogP contribution < -0.4 is 0 Å². The number of hydrogen-bond donors (Lipinski definition) is 0. The highest BCUT2D eigenvalue weighted by atomic mass is 16.4. The molecule has 2 fully saturated rings. The van der Waals surface area contributed by atoms with Gasteiger partial charge in [-0.3, -0.25) is 0 Å². The van der Waals surface area contributed by atoms with Gasteiger partial charge in [-0.25, -0.2) is 0 Å². The number of hydrogen-bond acceptors (Lipinski definition) is 3. The van der Waals surface area contributed by atoms with Crippen LogP contribution in [0.3, 0.4) is 0 Å². The molecule has 63 heavy (non-hydrogen) atoms. The van der Waals surface area contributed by atoms with E-state index in [1.54, 1.807) is 0 Å². The highest BCUT2D eigenvalue weighted by Gasteiger charge is 2.45. The summed E-state index contributed by atoms with van der Waals surface area (Å²) in [6, 6.07) is 57.5. The molecule has 0 saturated heterocycles. The highest BCUT2D eigenvalue weighted by Crippen LogP contribution is 2.51. The molecule has 0 amide bonds. The highest BCUT2D eigenvalue weighted by molar-refractivity contribution is 6.14. The average Bonchev–Trinajstić information content (AvgIpc) is 4.10. The summed E-state index contributed by atoms with van der Waals surface area (Å²) in [5.41, 5.74) is 11.2. The van der Waals surface area contributed by atoms with Crippen molar-refractivity contribution in [3.05, 3.63) is 164 Å². The van der Waals surface area contributed by atoms with Crippen LogP contribution in [0.25, 0.3) is 93.9 Å². The van der Waals surface area contributed by atoms with Gasteiger partial charge < -0.3 is 18.1 Å². The van der Waals surface area contributed by atoms with Gasteiger partial charge in [-0.15, -0.1) is 10.2 Å². The number of nitrogens with zero attached hydrogens (tertiary/aromatic N) is 5. The molecule has 2 atom stereocenters. The number of rotatable bonds is 5. The van der Waals surface area contributed by atoms with Crippen LogP contribution in [-0.2, 0) is 5.41 Å². The van der Waals surface area contributed by atoms with E-state index in [0.717, 1.165) is 70.1 Å².